The molecule has 0 bridgehead atoms. The Morgan fingerprint density at radius 1 is 1.30 bits per heavy atom. The second-order valence-electron chi connectivity index (χ2n) is 7.16. The number of carbonyl (C=O) groups is 1. The number of nitrogens with one attached hydrogen (secondary N) is 3. The number of carbonyl (C=O) groups excluding carboxylic acids is 1. The molecule has 158 valence electrons. The molecule has 0 saturated carbocycles. The molecule has 0 aliphatic carbocycles. The number of rotatable bonds is 8. The summed E-state index contributed by atoms with van der Waals surface area (Å²) >= 11 is 5.83. The highest BCUT2D eigenvalue weighted by Gasteiger charge is 2.18. The van der Waals surface area contributed by atoms with Gasteiger partial charge in [0, 0.05) is 29.5 Å². The quantitative estimate of drug-likeness (QED) is 0.254. The maximum atomic E-state index is 12.2. The Morgan fingerprint density at radius 2 is 2.03 bits per heavy atom. The number of guanidine groups is 1. The van der Waals surface area contributed by atoms with Crippen molar-refractivity contribution in [1.29, 1.82) is 0 Å². The number of pyridine rings is 1. The number of hydrogen-bond donors (Lipinski definition) is 3. The number of hydrazone groups is 1. The van der Waals surface area contributed by atoms with Gasteiger partial charge in [0.15, 0.2) is 5.03 Å². The van der Waals surface area contributed by atoms with Crippen LogP contribution in [0.15, 0.2) is 66.2 Å². The minimum Gasteiger partial charge on any atom is -0.351 e. The van der Waals surface area contributed by atoms with E-state index in [9.17, 15) is 14.9 Å². The Balaban J connectivity index is 1.86. The normalized spacial score (nSPS) is 11.9. The van der Waals surface area contributed by atoms with Gasteiger partial charge in [-0.25, -0.2) is 10.1 Å². The lowest BCUT2D eigenvalue weighted by Crippen LogP contribution is -2.34. The Hall–Kier alpha value is -3.46. The zero-order chi connectivity index (χ0) is 22.0. The first-order valence-corrected chi connectivity index (χ1v) is 9.48. The molecule has 2 aromatic rings. The van der Waals surface area contributed by atoms with Crippen molar-refractivity contribution in [2.45, 2.75) is 20.3 Å². The van der Waals surface area contributed by atoms with Gasteiger partial charge < -0.3 is 16.0 Å². The predicted molar refractivity (Wildman–Crippen MR) is 117 cm³/mol. The molecule has 0 aliphatic rings. The van der Waals surface area contributed by atoms with Crippen molar-refractivity contribution < 1.29 is 9.83 Å². The third-order valence-electron chi connectivity index (χ3n) is 3.95. The molecule has 0 atom stereocenters. The van der Waals surface area contributed by atoms with Crippen LogP contribution in [0.3, 0.4) is 0 Å². The highest BCUT2D eigenvalue weighted by atomic mass is 35.5. The summed E-state index contributed by atoms with van der Waals surface area (Å²) in [7, 11) is 0. The minimum atomic E-state index is -0.796. The molecule has 30 heavy (non-hydrogen) atoms. The summed E-state index contributed by atoms with van der Waals surface area (Å²) in [6.45, 7) is 4.45. The lowest BCUT2D eigenvalue weighted by molar-refractivity contribution is -0.485. The fraction of sp³-hybridized carbons (Fsp3) is 0.250. The molecule has 0 aliphatic heterocycles. The number of anilines is 1. The average molecular weight is 431 g/mol. The molecular formula is C20H23ClN6O3. The molecule has 1 heterocycles. The predicted octanol–water partition coefficient (Wildman–Crippen LogP) is 3.64. The van der Waals surface area contributed by atoms with Gasteiger partial charge >= 0.3 is 0 Å². The van der Waals surface area contributed by atoms with Crippen molar-refractivity contribution in [1.82, 2.24) is 15.6 Å². The van der Waals surface area contributed by atoms with Gasteiger partial charge in [-0.2, -0.15) is 0 Å². The summed E-state index contributed by atoms with van der Waals surface area (Å²) in [6.07, 6.45) is 7.10. The largest absolute Gasteiger partial charge is 0.351 e. The van der Waals surface area contributed by atoms with E-state index in [2.05, 4.69) is 26.0 Å². The number of hydrogen-bond acceptors (Lipinski definition) is 4. The molecule has 0 fully saturated rings. The van der Waals surface area contributed by atoms with Gasteiger partial charge in [-0.15, -0.1) is 0 Å². The first kappa shape index (κ1) is 22.8. The molecule has 1 aromatic heterocycles. The van der Waals surface area contributed by atoms with Gasteiger partial charge in [0.2, 0.25) is 0 Å². The van der Waals surface area contributed by atoms with Crippen LogP contribution in [0.5, 0.6) is 0 Å². The number of allylic oxidation sites excluding steroid dienone is 1. The second-order valence-corrected chi connectivity index (χ2v) is 7.59. The second kappa shape index (κ2) is 10.9. The fourth-order valence-electron chi connectivity index (χ4n) is 2.36. The van der Waals surface area contributed by atoms with Crippen LogP contribution in [0.1, 0.15) is 30.6 Å². The Morgan fingerprint density at radius 3 is 2.67 bits per heavy atom. The molecule has 9 nitrogen and oxygen atoms in total. The van der Waals surface area contributed by atoms with Gasteiger partial charge in [-0.3, -0.25) is 9.78 Å². The van der Waals surface area contributed by atoms with Crippen LogP contribution in [0.2, 0.25) is 5.02 Å². The Kier molecular flexibility index (Phi) is 8.30. The standard InChI is InChI=1S/C20H23ClN6O3/c1-20(2,14-24-18(28)15-6-8-16(21)9-7-15)10-4-12-23-19(26-27(29)30)25-17-5-3-11-22-13-17/h3-9,11-13H,10,14H2,1-2H3,(H,24,28)(H2,23,25,26). The number of nitro groups is 1. The Bertz CT molecular complexity index is 914. The monoisotopic (exact) mass is 430 g/mol. The molecule has 0 saturated heterocycles. The third-order valence-corrected chi connectivity index (χ3v) is 4.20. The Labute approximate surface area is 179 Å². The van der Waals surface area contributed by atoms with E-state index >= 15 is 0 Å². The van der Waals surface area contributed by atoms with Gasteiger partial charge in [0.05, 0.1) is 11.9 Å². The molecule has 0 spiro atoms. The van der Waals surface area contributed by atoms with Crippen LogP contribution in [-0.2, 0) is 0 Å². The van der Waals surface area contributed by atoms with Crippen molar-refractivity contribution in [2.75, 3.05) is 11.9 Å². The number of aromatic nitrogens is 1. The topological polar surface area (TPSA) is 122 Å². The van der Waals surface area contributed by atoms with Gasteiger partial charge in [-0.05, 0) is 48.2 Å². The maximum absolute atomic E-state index is 12.2. The van der Waals surface area contributed by atoms with Crippen LogP contribution in [-0.4, -0.2) is 28.4 Å². The maximum Gasteiger partial charge on any atom is 0.277 e. The van der Waals surface area contributed by atoms with Crippen molar-refractivity contribution in [3.63, 3.8) is 0 Å². The summed E-state index contributed by atoms with van der Waals surface area (Å²) in [6, 6.07) is 10.1. The highest BCUT2D eigenvalue weighted by molar-refractivity contribution is 6.30. The van der Waals surface area contributed by atoms with Crippen LogP contribution in [0.4, 0.5) is 5.69 Å². The molecule has 0 radical (unpaired) electrons. The zero-order valence-electron chi connectivity index (χ0n) is 16.6. The van der Waals surface area contributed by atoms with Crippen LogP contribution >= 0.6 is 11.6 Å². The first-order valence-electron chi connectivity index (χ1n) is 9.10. The molecule has 1 aromatic carbocycles. The van der Waals surface area contributed by atoms with Crippen LogP contribution in [0.25, 0.3) is 0 Å². The highest BCUT2D eigenvalue weighted by Crippen LogP contribution is 2.20. The van der Waals surface area contributed by atoms with Gasteiger partial charge in [0.25, 0.3) is 11.9 Å². The number of amides is 1. The van der Waals surface area contributed by atoms with E-state index in [4.69, 9.17) is 11.6 Å². The van der Waals surface area contributed by atoms with Crippen molar-refractivity contribution in [2.24, 2.45) is 10.5 Å². The van der Waals surface area contributed by atoms with Gasteiger partial charge in [-0.1, -0.05) is 31.5 Å². The molecule has 3 N–H and O–H groups in total. The number of halogens is 1. The van der Waals surface area contributed by atoms with Crippen molar-refractivity contribution >= 4 is 29.2 Å². The summed E-state index contributed by atoms with van der Waals surface area (Å²) in [5.74, 6) is -0.221. The SMILES string of the molecule is CC(C)(CC=CNC(=N[N+](=O)[O-])Nc1cccnc1)CNC(=O)c1ccc(Cl)cc1. The first-order chi connectivity index (χ1) is 14.2. The third kappa shape index (κ3) is 8.27. The van der Waals surface area contributed by atoms with Crippen molar-refractivity contribution in [3.05, 3.63) is 81.8 Å². The van der Waals surface area contributed by atoms with E-state index in [0.29, 0.717) is 29.2 Å². The number of benzene rings is 1. The van der Waals surface area contributed by atoms with Crippen LogP contribution < -0.4 is 16.0 Å². The van der Waals surface area contributed by atoms with E-state index < -0.39 is 5.03 Å². The summed E-state index contributed by atoms with van der Waals surface area (Å²) < 4.78 is 0. The smallest absolute Gasteiger partial charge is 0.277 e. The van der Waals surface area contributed by atoms with E-state index in [1.807, 2.05) is 19.9 Å². The summed E-state index contributed by atoms with van der Waals surface area (Å²) in [4.78, 5) is 26.9. The lowest BCUT2D eigenvalue weighted by Gasteiger charge is -2.23. The molecule has 2 rings (SSSR count). The van der Waals surface area contributed by atoms with E-state index in [-0.39, 0.29) is 17.3 Å². The average Bonchev–Trinajstić information content (AvgIpc) is 2.70. The van der Waals surface area contributed by atoms with E-state index in [0.717, 1.165) is 0 Å². The molecule has 10 heteroatoms. The van der Waals surface area contributed by atoms with Gasteiger partial charge in [0.1, 0.15) is 5.10 Å². The molecule has 0 unspecified atom stereocenters. The fourth-order valence-corrected chi connectivity index (χ4v) is 2.48. The lowest BCUT2D eigenvalue weighted by atomic mass is 9.89. The van der Waals surface area contributed by atoms with Crippen molar-refractivity contribution in [3.8, 4) is 0 Å². The van der Waals surface area contributed by atoms with Crippen LogP contribution in [0, 0.1) is 15.5 Å². The molecule has 1 amide bonds. The van der Waals surface area contributed by atoms with E-state index in [1.54, 1.807) is 48.8 Å². The summed E-state index contributed by atoms with van der Waals surface area (Å²) in [5, 5.41) is 22.2. The minimum absolute atomic E-state index is 0.0434. The summed E-state index contributed by atoms with van der Waals surface area (Å²) in [5.41, 5.74) is 0.857. The zero-order valence-corrected chi connectivity index (χ0v) is 17.4. The molecular weight excluding hydrogens is 408 g/mol. The van der Waals surface area contributed by atoms with E-state index in [1.165, 1.54) is 6.20 Å². The number of nitrogens with zero attached hydrogens (tertiary/aromatic N) is 3.